The van der Waals surface area contributed by atoms with Crippen LogP contribution in [0.4, 0.5) is 5.82 Å². The van der Waals surface area contributed by atoms with Crippen molar-refractivity contribution in [1.82, 2.24) is 4.98 Å². The van der Waals surface area contributed by atoms with Crippen LogP contribution in [0.25, 0.3) is 5.57 Å². The number of pyridine rings is 1. The summed E-state index contributed by atoms with van der Waals surface area (Å²) in [6.07, 6.45) is 2.87. The Labute approximate surface area is 101 Å². The molecular weight excluding hydrogens is 214 g/mol. The van der Waals surface area contributed by atoms with Gasteiger partial charge in [0.1, 0.15) is 5.82 Å². The Bertz CT molecular complexity index is 503. The molecule has 0 aliphatic heterocycles. The molecule has 4 N–H and O–H groups in total. The van der Waals surface area contributed by atoms with Gasteiger partial charge in [-0.25, -0.2) is 4.98 Å². The molecule has 0 spiro atoms. The van der Waals surface area contributed by atoms with Crippen molar-refractivity contribution >= 4 is 17.2 Å². The van der Waals surface area contributed by atoms with Gasteiger partial charge in [-0.15, -0.1) is 0 Å². The molecule has 0 unspecified atom stereocenters. The third-order valence-electron chi connectivity index (χ3n) is 3.08. The highest BCUT2D eigenvalue weighted by molar-refractivity contribution is 6.04. The fraction of sp³-hybridized carbons (Fsp3) is 0.385. The zero-order chi connectivity index (χ0) is 12.6. The highest BCUT2D eigenvalue weighted by Crippen LogP contribution is 2.40. The van der Waals surface area contributed by atoms with Gasteiger partial charge in [-0.1, -0.05) is 13.8 Å². The second-order valence-corrected chi connectivity index (χ2v) is 5.27. The Kier molecular flexibility index (Phi) is 2.65. The summed E-state index contributed by atoms with van der Waals surface area (Å²) >= 11 is 0. The van der Waals surface area contributed by atoms with Crippen LogP contribution in [0.15, 0.2) is 24.0 Å². The van der Waals surface area contributed by atoms with Gasteiger partial charge in [-0.05, 0) is 29.5 Å². The molecule has 0 fully saturated rings. The average molecular weight is 231 g/mol. The number of nitrogen functional groups attached to an aromatic ring is 1. The van der Waals surface area contributed by atoms with E-state index in [1.807, 2.05) is 6.07 Å². The number of carbonyl (C=O) groups is 1. The van der Waals surface area contributed by atoms with E-state index in [2.05, 4.69) is 18.8 Å². The molecule has 0 aromatic carbocycles. The zero-order valence-electron chi connectivity index (χ0n) is 10.2. The Morgan fingerprint density at radius 1 is 1.29 bits per heavy atom. The van der Waals surface area contributed by atoms with Gasteiger partial charge in [0, 0.05) is 18.2 Å². The number of Topliss-reactive ketones (excluding diaryl/α,β-unsaturated/α-hetero) is 1. The van der Waals surface area contributed by atoms with Crippen molar-refractivity contribution in [3.8, 4) is 0 Å². The quantitative estimate of drug-likeness (QED) is 0.771. The lowest BCUT2D eigenvalue weighted by molar-refractivity contribution is -0.117. The molecule has 4 nitrogen and oxygen atoms in total. The number of nitrogens with two attached hydrogens (primary N) is 2. The van der Waals surface area contributed by atoms with Crippen LogP contribution < -0.4 is 11.5 Å². The van der Waals surface area contributed by atoms with E-state index in [0.717, 1.165) is 17.6 Å². The number of carbonyl (C=O) groups excluding carboxylic acids is 1. The van der Waals surface area contributed by atoms with Crippen LogP contribution in [0.1, 0.15) is 32.3 Å². The highest BCUT2D eigenvalue weighted by atomic mass is 16.1. The molecule has 1 aromatic heterocycles. The van der Waals surface area contributed by atoms with Crippen molar-refractivity contribution in [2.75, 3.05) is 5.73 Å². The van der Waals surface area contributed by atoms with E-state index < -0.39 is 0 Å². The first-order chi connectivity index (χ1) is 7.91. The summed E-state index contributed by atoms with van der Waals surface area (Å²) in [7, 11) is 0. The van der Waals surface area contributed by atoms with Gasteiger partial charge >= 0.3 is 0 Å². The fourth-order valence-electron chi connectivity index (χ4n) is 2.25. The minimum atomic E-state index is -0.0719. The van der Waals surface area contributed by atoms with Crippen LogP contribution in [0.3, 0.4) is 0 Å². The lowest BCUT2D eigenvalue weighted by atomic mass is 9.74. The maximum Gasteiger partial charge on any atom is 0.179 e. The molecule has 1 aromatic rings. The molecule has 90 valence electrons. The van der Waals surface area contributed by atoms with Gasteiger partial charge in [0.15, 0.2) is 5.78 Å². The Morgan fingerprint density at radius 3 is 2.65 bits per heavy atom. The van der Waals surface area contributed by atoms with Gasteiger partial charge in [0.05, 0.1) is 5.70 Å². The number of allylic oxidation sites excluding steroid dienone is 2. The van der Waals surface area contributed by atoms with E-state index in [0.29, 0.717) is 17.9 Å². The molecule has 2 rings (SSSR count). The third kappa shape index (κ3) is 2.16. The number of aromatic nitrogens is 1. The number of nitrogens with zero attached hydrogens (tertiary/aromatic N) is 1. The van der Waals surface area contributed by atoms with Crippen molar-refractivity contribution < 1.29 is 4.79 Å². The minimum absolute atomic E-state index is 0.000460. The normalized spacial score (nSPS) is 19.5. The van der Waals surface area contributed by atoms with Crippen LogP contribution >= 0.6 is 0 Å². The number of hydrogen-bond donors (Lipinski definition) is 2. The molecule has 0 atom stereocenters. The molecule has 1 aliphatic carbocycles. The molecule has 1 aliphatic rings. The first kappa shape index (κ1) is 11.6. The maximum absolute atomic E-state index is 11.9. The molecule has 0 amide bonds. The summed E-state index contributed by atoms with van der Waals surface area (Å²) in [5, 5.41) is 0. The fourth-order valence-corrected chi connectivity index (χ4v) is 2.25. The van der Waals surface area contributed by atoms with Crippen LogP contribution in [0.5, 0.6) is 0 Å². The molecule has 0 saturated heterocycles. The van der Waals surface area contributed by atoms with Crippen LogP contribution in [-0.2, 0) is 4.79 Å². The first-order valence-corrected chi connectivity index (χ1v) is 5.63. The molecule has 4 heteroatoms. The number of anilines is 1. The molecule has 0 bridgehead atoms. The first-order valence-electron chi connectivity index (χ1n) is 5.63. The van der Waals surface area contributed by atoms with Gasteiger partial charge < -0.3 is 11.5 Å². The van der Waals surface area contributed by atoms with Gasteiger partial charge in [0.25, 0.3) is 0 Å². The lowest BCUT2D eigenvalue weighted by Gasteiger charge is -2.31. The zero-order valence-corrected chi connectivity index (χ0v) is 10.2. The summed E-state index contributed by atoms with van der Waals surface area (Å²) < 4.78 is 0. The van der Waals surface area contributed by atoms with E-state index in [9.17, 15) is 4.79 Å². The van der Waals surface area contributed by atoms with E-state index in [1.165, 1.54) is 0 Å². The number of ketones is 1. The van der Waals surface area contributed by atoms with E-state index in [1.54, 1.807) is 12.3 Å². The van der Waals surface area contributed by atoms with Crippen molar-refractivity contribution in [3.05, 3.63) is 29.6 Å². The third-order valence-corrected chi connectivity index (χ3v) is 3.08. The maximum atomic E-state index is 11.9. The largest absolute Gasteiger partial charge is 0.396 e. The molecule has 17 heavy (non-hydrogen) atoms. The van der Waals surface area contributed by atoms with Crippen LogP contribution in [0, 0.1) is 5.41 Å². The second kappa shape index (κ2) is 3.87. The SMILES string of the molecule is CC1(C)CC(=O)C(N)=C(c2cccnc2N)C1. The standard InChI is InChI=1S/C13H17N3O/c1-13(2)6-9(11(14)10(17)7-13)8-4-3-5-16-12(8)15/h3-5H,6-7,14H2,1-2H3,(H2,15,16). The number of rotatable bonds is 1. The monoisotopic (exact) mass is 231 g/mol. The van der Waals surface area contributed by atoms with E-state index >= 15 is 0 Å². The van der Waals surface area contributed by atoms with Crippen molar-refractivity contribution in [3.63, 3.8) is 0 Å². The minimum Gasteiger partial charge on any atom is -0.396 e. The Balaban J connectivity index is 2.54. The summed E-state index contributed by atoms with van der Waals surface area (Å²) in [5.41, 5.74) is 13.6. The molecule has 0 saturated carbocycles. The molecule has 0 radical (unpaired) electrons. The topological polar surface area (TPSA) is 82.0 Å². The highest BCUT2D eigenvalue weighted by Gasteiger charge is 2.32. The molecular formula is C13H17N3O. The van der Waals surface area contributed by atoms with Gasteiger partial charge in [-0.3, -0.25) is 4.79 Å². The number of hydrogen-bond acceptors (Lipinski definition) is 4. The smallest absolute Gasteiger partial charge is 0.179 e. The summed E-state index contributed by atoms with van der Waals surface area (Å²) in [5.74, 6) is 0.426. The van der Waals surface area contributed by atoms with Crippen molar-refractivity contribution in [1.29, 1.82) is 0 Å². The Morgan fingerprint density at radius 2 is 2.00 bits per heavy atom. The van der Waals surface area contributed by atoms with Crippen molar-refractivity contribution in [2.24, 2.45) is 11.1 Å². The summed E-state index contributed by atoms with van der Waals surface area (Å²) in [6.45, 7) is 4.12. The van der Waals surface area contributed by atoms with Gasteiger partial charge in [-0.2, -0.15) is 0 Å². The predicted octanol–water partition coefficient (Wildman–Crippen LogP) is 1.72. The Hall–Kier alpha value is -1.84. The second-order valence-electron chi connectivity index (χ2n) is 5.27. The van der Waals surface area contributed by atoms with Crippen LogP contribution in [-0.4, -0.2) is 10.8 Å². The van der Waals surface area contributed by atoms with E-state index in [4.69, 9.17) is 11.5 Å². The van der Waals surface area contributed by atoms with Gasteiger partial charge in [0.2, 0.25) is 0 Å². The lowest BCUT2D eigenvalue weighted by Crippen LogP contribution is -2.29. The summed E-state index contributed by atoms with van der Waals surface area (Å²) in [6, 6.07) is 3.66. The van der Waals surface area contributed by atoms with Crippen molar-refractivity contribution in [2.45, 2.75) is 26.7 Å². The predicted molar refractivity (Wildman–Crippen MR) is 67.8 cm³/mol. The van der Waals surface area contributed by atoms with Crippen LogP contribution in [0.2, 0.25) is 0 Å². The average Bonchev–Trinajstić information content (AvgIpc) is 2.24. The summed E-state index contributed by atoms with van der Waals surface area (Å²) in [4.78, 5) is 15.9. The molecule has 1 heterocycles. The van der Waals surface area contributed by atoms with E-state index in [-0.39, 0.29) is 11.2 Å².